The number of nitrogens with two attached hydrogens (primary N) is 1. The molecule has 0 aliphatic heterocycles. The van der Waals surface area contributed by atoms with Crippen molar-refractivity contribution in [2.75, 3.05) is 30.8 Å². The molecule has 3 N–H and O–H groups in total. The van der Waals surface area contributed by atoms with Crippen LogP contribution in [0.25, 0.3) is 0 Å². The summed E-state index contributed by atoms with van der Waals surface area (Å²) in [4.78, 5) is 4.12. The van der Waals surface area contributed by atoms with E-state index in [4.69, 9.17) is 22.1 Å². The molecule has 4 nitrogen and oxygen atoms in total. The van der Waals surface area contributed by atoms with Gasteiger partial charge in [-0.05, 0) is 31.2 Å². The minimum absolute atomic E-state index is 0.556. The second kappa shape index (κ2) is 6.07. The highest BCUT2D eigenvalue weighted by Crippen LogP contribution is 2.28. The smallest absolute Gasteiger partial charge is 0.149 e. The van der Waals surface area contributed by atoms with Gasteiger partial charge in [-0.2, -0.15) is 0 Å². The Morgan fingerprint density at radius 3 is 3.06 bits per heavy atom. The SMILES string of the molecule is Nc1cc(Cl)cnc1NCCCOCC1CC1. The molecule has 1 aliphatic carbocycles. The van der Waals surface area contributed by atoms with Crippen LogP contribution in [0.5, 0.6) is 0 Å². The van der Waals surface area contributed by atoms with Crippen LogP contribution in [-0.4, -0.2) is 24.7 Å². The molecule has 0 amide bonds. The fourth-order valence-corrected chi connectivity index (χ4v) is 1.68. The summed E-state index contributed by atoms with van der Waals surface area (Å²) in [6.45, 7) is 2.52. The molecule has 1 aliphatic rings. The molecular weight excluding hydrogens is 238 g/mol. The molecule has 1 saturated carbocycles. The van der Waals surface area contributed by atoms with Crippen LogP contribution < -0.4 is 11.1 Å². The van der Waals surface area contributed by atoms with E-state index in [-0.39, 0.29) is 0 Å². The fourth-order valence-electron chi connectivity index (χ4n) is 1.52. The zero-order valence-electron chi connectivity index (χ0n) is 9.79. The van der Waals surface area contributed by atoms with Crippen molar-refractivity contribution in [1.82, 2.24) is 4.98 Å². The molecule has 17 heavy (non-hydrogen) atoms. The minimum atomic E-state index is 0.556. The number of hydrogen-bond donors (Lipinski definition) is 2. The van der Waals surface area contributed by atoms with E-state index in [9.17, 15) is 0 Å². The first-order chi connectivity index (χ1) is 8.25. The second-order valence-electron chi connectivity index (χ2n) is 4.39. The van der Waals surface area contributed by atoms with E-state index in [0.717, 1.165) is 32.1 Å². The topological polar surface area (TPSA) is 60.2 Å². The number of anilines is 2. The van der Waals surface area contributed by atoms with Gasteiger partial charge in [-0.15, -0.1) is 0 Å². The van der Waals surface area contributed by atoms with Gasteiger partial charge in [0.2, 0.25) is 0 Å². The van der Waals surface area contributed by atoms with Crippen LogP contribution in [0.1, 0.15) is 19.3 Å². The third-order valence-electron chi connectivity index (χ3n) is 2.69. The van der Waals surface area contributed by atoms with Crippen molar-refractivity contribution in [2.24, 2.45) is 5.92 Å². The number of hydrogen-bond acceptors (Lipinski definition) is 4. The molecule has 1 fully saturated rings. The Kier molecular flexibility index (Phi) is 4.45. The molecule has 0 atom stereocenters. The van der Waals surface area contributed by atoms with Gasteiger partial charge >= 0.3 is 0 Å². The van der Waals surface area contributed by atoms with Crippen molar-refractivity contribution in [3.05, 3.63) is 17.3 Å². The van der Waals surface area contributed by atoms with E-state index in [2.05, 4.69) is 10.3 Å². The third kappa shape index (κ3) is 4.40. The molecule has 0 unspecified atom stereocenters. The lowest BCUT2D eigenvalue weighted by Crippen LogP contribution is -2.09. The van der Waals surface area contributed by atoms with Gasteiger partial charge < -0.3 is 15.8 Å². The van der Waals surface area contributed by atoms with Crippen molar-refractivity contribution in [3.8, 4) is 0 Å². The van der Waals surface area contributed by atoms with Crippen molar-refractivity contribution in [3.63, 3.8) is 0 Å². The molecule has 1 heterocycles. The van der Waals surface area contributed by atoms with Gasteiger partial charge in [0.05, 0.1) is 10.7 Å². The van der Waals surface area contributed by atoms with E-state index in [1.54, 1.807) is 12.3 Å². The molecule has 2 rings (SSSR count). The monoisotopic (exact) mass is 255 g/mol. The normalized spacial score (nSPS) is 14.9. The van der Waals surface area contributed by atoms with Gasteiger partial charge in [-0.1, -0.05) is 11.6 Å². The quantitative estimate of drug-likeness (QED) is 0.735. The maximum absolute atomic E-state index is 5.77. The summed E-state index contributed by atoms with van der Waals surface area (Å²) >= 11 is 5.76. The number of nitrogens with zero attached hydrogens (tertiary/aromatic N) is 1. The Morgan fingerprint density at radius 1 is 1.53 bits per heavy atom. The lowest BCUT2D eigenvalue weighted by Gasteiger charge is -2.08. The lowest BCUT2D eigenvalue weighted by atomic mass is 10.3. The predicted molar refractivity (Wildman–Crippen MR) is 70.3 cm³/mol. The van der Waals surface area contributed by atoms with Gasteiger partial charge in [0.15, 0.2) is 0 Å². The van der Waals surface area contributed by atoms with Crippen LogP contribution in [-0.2, 0) is 4.74 Å². The summed E-state index contributed by atoms with van der Waals surface area (Å²) in [6.07, 6.45) is 5.22. The maximum atomic E-state index is 5.77. The molecule has 0 radical (unpaired) electrons. The minimum Gasteiger partial charge on any atom is -0.396 e. The van der Waals surface area contributed by atoms with E-state index in [0.29, 0.717) is 16.5 Å². The Hall–Kier alpha value is -1.00. The van der Waals surface area contributed by atoms with E-state index in [1.807, 2.05) is 0 Å². The summed E-state index contributed by atoms with van der Waals surface area (Å²) in [5, 5.41) is 3.73. The number of nitrogens with one attached hydrogen (secondary N) is 1. The zero-order valence-corrected chi connectivity index (χ0v) is 10.5. The molecule has 0 aromatic carbocycles. The standard InChI is InChI=1S/C12H18ClN3O/c13-10-6-11(14)12(16-7-10)15-4-1-5-17-8-9-2-3-9/h6-7,9H,1-5,8,14H2,(H,15,16). The lowest BCUT2D eigenvalue weighted by molar-refractivity contribution is 0.124. The van der Waals surface area contributed by atoms with Gasteiger partial charge in [-0.3, -0.25) is 0 Å². The summed E-state index contributed by atoms with van der Waals surface area (Å²) < 4.78 is 5.53. The Balaban J connectivity index is 1.60. The number of rotatable bonds is 7. The fraction of sp³-hybridized carbons (Fsp3) is 0.583. The molecule has 94 valence electrons. The summed E-state index contributed by atoms with van der Waals surface area (Å²) in [5.41, 5.74) is 6.35. The molecule has 1 aromatic rings. The molecule has 0 spiro atoms. The van der Waals surface area contributed by atoms with Crippen LogP contribution in [0.4, 0.5) is 11.5 Å². The zero-order chi connectivity index (χ0) is 12.1. The summed E-state index contributed by atoms with van der Waals surface area (Å²) in [6, 6.07) is 1.69. The number of nitrogen functional groups attached to an aromatic ring is 1. The van der Waals surface area contributed by atoms with Crippen LogP contribution in [0, 0.1) is 5.92 Å². The number of pyridine rings is 1. The molecular formula is C12H18ClN3O. The van der Waals surface area contributed by atoms with Gasteiger partial charge in [0.1, 0.15) is 5.82 Å². The summed E-state index contributed by atoms with van der Waals surface area (Å²) in [5.74, 6) is 1.52. The summed E-state index contributed by atoms with van der Waals surface area (Å²) in [7, 11) is 0. The molecule has 5 heteroatoms. The van der Waals surface area contributed by atoms with Crippen LogP contribution in [0.2, 0.25) is 5.02 Å². The van der Waals surface area contributed by atoms with Gasteiger partial charge in [0.25, 0.3) is 0 Å². The molecule has 1 aromatic heterocycles. The number of halogens is 1. The first-order valence-corrected chi connectivity index (χ1v) is 6.36. The maximum Gasteiger partial charge on any atom is 0.149 e. The highest BCUT2D eigenvalue weighted by Gasteiger charge is 2.20. The van der Waals surface area contributed by atoms with Crippen LogP contribution in [0.15, 0.2) is 12.3 Å². The number of aromatic nitrogens is 1. The molecule has 0 saturated heterocycles. The van der Waals surface area contributed by atoms with E-state index < -0.39 is 0 Å². The Morgan fingerprint density at radius 2 is 2.35 bits per heavy atom. The van der Waals surface area contributed by atoms with E-state index >= 15 is 0 Å². The first kappa shape index (κ1) is 12.5. The first-order valence-electron chi connectivity index (χ1n) is 5.98. The average Bonchev–Trinajstić information content (AvgIpc) is 3.09. The van der Waals surface area contributed by atoms with Gasteiger partial charge in [0, 0.05) is 26.0 Å². The highest BCUT2D eigenvalue weighted by atomic mass is 35.5. The largest absolute Gasteiger partial charge is 0.396 e. The van der Waals surface area contributed by atoms with Gasteiger partial charge in [-0.25, -0.2) is 4.98 Å². The Labute approximate surface area is 107 Å². The Bertz CT molecular complexity index is 369. The van der Waals surface area contributed by atoms with Crippen LogP contribution in [0.3, 0.4) is 0 Å². The van der Waals surface area contributed by atoms with Crippen molar-refractivity contribution in [2.45, 2.75) is 19.3 Å². The third-order valence-corrected chi connectivity index (χ3v) is 2.90. The highest BCUT2D eigenvalue weighted by molar-refractivity contribution is 6.30. The number of ether oxygens (including phenoxy) is 1. The van der Waals surface area contributed by atoms with E-state index in [1.165, 1.54) is 12.8 Å². The van der Waals surface area contributed by atoms with Crippen molar-refractivity contribution < 1.29 is 4.74 Å². The molecule has 0 bridgehead atoms. The predicted octanol–water partition coefficient (Wildman–Crippen LogP) is 2.55. The average molecular weight is 256 g/mol. The van der Waals surface area contributed by atoms with Crippen molar-refractivity contribution >= 4 is 23.1 Å². The van der Waals surface area contributed by atoms with Crippen LogP contribution >= 0.6 is 11.6 Å². The van der Waals surface area contributed by atoms with Crippen molar-refractivity contribution in [1.29, 1.82) is 0 Å². The second-order valence-corrected chi connectivity index (χ2v) is 4.83.